The molecule has 2 rings (SSSR count). The van der Waals surface area contributed by atoms with Crippen molar-refractivity contribution in [3.8, 4) is 0 Å². The lowest BCUT2D eigenvalue weighted by Crippen LogP contribution is -2.40. The molecule has 0 saturated carbocycles. The Kier molecular flexibility index (Phi) is 7.76. The average Bonchev–Trinajstić information content (AvgIpc) is 2.66. The number of ether oxygens (including phenoxy) is 1. The number of nitrogens with one attached hydrogen (secondary N) is 1. The van der Waals surface area contributed by atoms with E-state index < -0.39 is 0 Å². The number of aromatic nitrogens is 1. The van der Waals surface area contributed by atoms with Crippen molar-refractivity contribution in [2.24, 2.45) is 0 Å². The molecule has 0 spiro atoms. The van der Waals surface area contributed by atoms with Gasteiger partial charge in [0.25, 0.3) is 5.91 Å². The highest BCUT2D eigenvalue weighted by Crippen LogP contribution is 2.06. The summed E-state index contributed by atoms with van der Waals surface area (Å²) in [6.45, 7) is 3.17. The summed E-state index contributed by atoms with van der Waals surface area (Å²) in [5, 5.41) is 2.87. The Balaban J connectivity index is 1.93. The normalized spacial score (nSPS) is 11.6. The Bertz CT molecular complexity index is 692. The van der Waals surface area contributed by atoms with Crippen molar-refractivity contribution in [1.82, 2.24) is 15.2 Å². The molecule has 0 aliphatic heterocycles. The molecule has 26 heavy (non-hydrogen) atoms. The Morgan fingerprint density at radius 2 is 1.88 bits per heavy atom. The molecule has 1 aromatic carbocycles. The number of methoxy groups -OCH3 is 1. The minimum atomic E-state index is -0.274. The van der Waals surface area contributed by atoms with Crippen LogP contribution in [0.3, 0.4) is 0 Å². The maximum atomic E-state index is 12.7. The number of pyridine rings is 1. The van der Waals surface area contributed by atoms with E-state index in [2.05, 4.69) is 10.3 Å². The fourth-order valence-corrected chi connectivity index (χ4v) is 2.52. The topological polar surface area (TPSA) is 71.5 Å². The van der Waals surface area contributed by atoms with Crippen LogP contribution in [0.25, 0.3) is 0 Å². The van der Waals surface area contributed by atoms with Gasteiger partial charge in [0.2, 0.25) is 5.91 Å². The van der Waals surface area contributed by atoms with Crippen LogP contribution in [-0.4, -0.2) is 48.0 Å². The molecule has 6 heteroatoms. The van der Waals surface area contributed by atoms with Gasteiger partial charge in [-0.2, -0.15) is 0 Å². The van der Waals surface area contributed by atoms with Crippen molar-refractivity contribution in [3.63, 3.8) is 0 Å². The SMILES string of the molecule is COCCN(Cc1ccccn1)C(=O)CC(C)NC(=O)c1ccccc1. The van der Waals surface area contributed by atoms with Crippen molar-refractivity contribution >= 4 is 11.8 Å². The summed E-state index contributed by atoms with van der Waals surface area (Å²) in [4.78, 5) is 30.9. The summed E-state index contributed by atoms with van der Waals surface area (Å²) >= 11 is 0. The van der Waals surface area contributed by atoms with Crippen LogP contribution in [0, 0.1) is 0 Å². The van der Waals surface area contributed by atoms with Crippen LogP contribution in [0.5, 0.6) is 0 Å². The number of benzene rings is 1. The molecule has 1 N–H and O–H groups in total. The van der Waals surface area contributed by atoms with E-state index in [0.29, 0.717) is 25.3 Å². The second kappa shape index (κ2) is 10.3. The van der Waals surface area contributed by atoms with E-state index in [9.17, 15) is 9.59 Å². The van der Waals surface area contributed by atoms with E-state index in [4.69, 9.17) is 4.74 Å². The van der Waals surface area contributed by atoms with Gasteiger partial charge < -0.3 is 15.0 Å². The van der Waals surface area contributed by atoms with Gasteiger partial charge in [-0.05, 0) is 31.2 Å². The highest BCUT2D eigenvalue weighted by Gasteiger charge is 2.19. The minimum Gasteiger partial charge on any atom is -0.383 e. The zero-order chi connectivity index (χ0) is 18.8. The predicted octanol–water partition coefficient (Wildman–Crippen LogP) is 2.27. The highest BCUT2D eigenvalue weighted by atomic mass is 16.5. The van der Waals surface area contributed by atoms with Crippen LogP contribution in [0.15, 0.2) is 54.7 Å². The van der Waals surface area contributed by atoms with E-state index in [-0.39, 0.29) is 24.3 Å². The first-order chi connectivity index (χ1) is 12.6. The van der Waals surface area contributed by atoms with Crippen molar-refractivity contribution in [3.05, 3.63) is 66.0 Å². The predicted molar refractivity (Wildman–Crippen MR) is 99.5 cm³/mol. The second-order valence-corrected chi connectivity index (χ2v) is 6.07. The molecule has 2 amide bonds. The lowest BCUT2D eigenvalue weighted by molar-refractivity contribution is -0.132. The number of nitrogens with zero attached hydrogens (tertiary/aromatic N) is 2. The highest BCUT2D eigenvalue weighted by molar-refractivity contribution is 5.94. The third kappa shape index (κ3) is 6.29. The van der Waals surface area contributed by atoms with Crippen LogP contribution >= 0.6 is 0 Å². The van der Waals surface area contributed by atoms with Gasteiger partial charge in [-0.25, -0.2) is 0 Å². The van der Waals surface area contributed by atoms with Gasteiger partial charge in [0, 0.05) is 37.9 Å². The van der Waals surface area contributed by atoms with Crippen LogP contribution in [0.1, 0.15) is 29.4 Å². The zero-order valence-electron chi connectivity index (χ0n) is 15.2. The Hall–Kier alpha value is -2.73. The van der Waals surface area contributed by atoms with Crippen molar-refractivity contribution in [2.45, 2.75) is 25.9 Å². The van der Waals surface area contributed by atoms with Crippen LogP contribution in [0.2, 0.25) is 0 Å². The maximum absolute atomic E-state index is 12.7. The quantitative estimate of drug-likeness (QED) is 0.749. The lowest BCUT2D eigenvalue weighted by atomic mass is 10.1. The third-order valence-electron chi connectivity index (χ3n) is 3.89. The van der Waals surface area contributed by atoms with Crippen molar-refractivity contribution in [2.75, 3.05) is 20.3 Å². The van der Waals surface area contributed by atoms with E-state index in [1.54, 1.807) is 30.3 Å². The molecule has 0 fully saturated rings. The molecule has 2 aromatic rings. The van der Waals surface area contributed by atoms with Gasteiger partial charge in [-0.1, -0.05) is 24.3 Å². The van der Waals surface area contributed by atoms with Gasteiger partial charge in [0.15, 0.2) is 0 Å². The number of carbonyl (C=O) groups is 2. The van der Waals surface area contributed by atoms with Crippen molar-refractivity contribution in [1.29, 1.82) is 0 Å². The summed E-state index contributed by atoms with van der Waals surface area (Å²) < 4.78 is 5.10. The van der Waals surface area contributed by atoms with Gasteiger partial charge in [-0.15, -0.1) is 0 Å². The smallest absolute Gasteiger partial charge is 0.251 e. The number of hydrogen-bond donors (Lipinski definition) is 1. The summed E-state index contributed by atoms with van der Waals surface area (Å²) in [7, 11) is 1.60. The molecule has 0 aliphatic carbocycles. The molecule has 6 nitrogen and oxygen atoms in total. The van der Waals surface area contributed by atoms with Crippen LogP contribution in [-0.2, 0) is 16.1 Å². The van der Waals surface area contributed by atoms with Crippen LogP contribution in [0.4, 0.5) is 0 Å². The first kappa shape index (κ1) is 19.6. The number of amides is 2. The van der Waals surface area contributed by atoms with Gasteiger partial charge in [0.05, 0.1) is 18.8 Å². The fourth-order valence-electron chi connectivity index (χ4n) is 2.52. The summed E-state index contributed by atoms with van der Waals surface area (Å²) in [6.07, 6.45) is 1.92. The minimum absolute atomic E-state index is 0.0476. The molecule has 138 valence electrons. The second-order valence-electron chi connectivity index (χ2n) is 6.07. The first-order valence-corrected chi connectivity index (χ1v) is 8.62. The molecule has 0 aliphatic rings. The van der Waals surface area contributed by atoms with Crippen LogP contribution < -0.4 is 5.32 Å². The molecule has 1 aromatic heterocycles. The zero-order valence-corrected chi connectivity index (χ0v) is 15.2. The first-order valence-electron chi connectivity index (χ1n) is 8.62. The Morgan fingerprint density at radius 3 is 2.54 bits per heavy atom. The van der Waals surface area contributed by atoms with E-state index in [0.717, 1.165) is 5.69 Å². The number of carbonyl (C=O) groups excluding carboxylic acids is 2. The van der Waals surface area contributed by atoms with E-state index in [1.165, 1.54) is 0 Å². The largest absolute Gasteiger partial charge is 0.383 e. The monoisotopic (exact) mass is 355 g/mol. The lowest BCUT2D eigenvalue weighted by Gasteiger charge is -2.24. The van der Waals surface area contributed by atoms with E-state index >= 15 is 0 Å². The van der Waals surface area contributed by atoms with Gasteiger partial charge in [0.1, 0.15) is 0 Å². The Morgan fingerprint density at radius 1 is 1.15 bits per heavy atom. The Labute approximate surface area is 154 Å². The maximum Gasteiger partial charge on any atom is 0.251 e. The molecular weight excluding hydrogens is 330 g/mol. The molecule has 1 heterocycles. The van der Waals surface area contributed by atoms with Gasteiger partial charge in [-0.3, -0.25) is 14.6 Å². The van der Waals surface area contributed by atoms with Crippen molar-refractivity contribution < 1.29 is 14.3 Å². The summed E-state index contributed by atoms with van der Waals surface area (Å²) in [6, 6.07) is 14.3. The number of hydrogen-bond acceptors (Lipinski definition) is 4. The number of rotatable bonds is 9. The molecule has 0 saturated heterocycles. The molecule has 0 radical (unpaired) electrons. The third-order valence-corrected chi connectivity index (χ3v) is 3.89. The molecule has 1 unspecified atom stereocenters. The summed E-state index contributed by atoms with van der Waals surface area (Å²) in [5.74, 6) is -0.229. The van der Waals surface area contributed by atoms with E-state index in [1.807, 2.05) is 43.3 Å². The fraction of sp³-hybridized carbons (Fsp3) is 0.350. The summed E-state index contributed by atoms with van der Waals surface area (Å²) in [5.41, 5.74) is 1.40. The van der Waals surface area contributed by atoms with Gasteiger partial charge >= 0.3 is 0 Å². The standard InChI is InChI=1S/C20H25N3O3/c1-16(22-20(25)17-8-4-3-5-9-17)14-19(24)23(12-13-26-2)15-18-10-6-7-11-21-18/h3-11,16H,12-15H2,1-2H3,(H,22,25). The average molecular weight is 355 g/mol. The molecule has 1 atom stereocenters. The molecular formula is C20H25N3O3. The molecule has 0 bridgehead atoms.